The van der Waals surface area contributed by atoms with Crippen molar-refractivity contribution in [3.8, 4) is 11.5 Å². The number of rotatable bonds is 20. The van der Waals surface area contributed by atoms with Gasteiger partial charge in [-0.1, -0.05) is 75.7 Å². The average molecular weight is 641 g/mol. The highest BCUT2D eigenvalue weighted by Crippen LogP contribution is 2.43. The molecule has 0 aliphatic rings. The molecule has 0 bridgehead atoms. The van der Waals surface area contributed by atoms with Gasteiger partial charge in [0.2, 0.25) is 0 Å². The second-order valence-electron chi connectivity index (χ2n) is 11.0. The van der Waals surface area contributed by atoms with E-state index in [4.69, 9.17) is 40.0 Å². The highest BCUT2D eigenvalue weighted by molar-refractivity contribution is 6.31. The maximum atomic E-state index is 12.4. The van der Waals surface area contributed by atoms with Crippen LogP contribution >= 0.6 is 11.6 Å². The predicted octanol–water partition coefficient (Wildman–Crippen LogP) is 8.01. The lowest BCUT2D eigenvalue weighted by atomic mass is 10.0. The topological polar surface area (TPSA) is 89.5 Å². The summed E-state index contributed by atoms with van der Waals surface area (Å²) in [6.45, 7) is 16.3. The lowest BCUT2D eigenvalue weighted by molar-refractivity contribution is -0.150. The van der Waals surface area contributed by atoms with Crippen LogP contribution in [0.5, 0.6) is 11.5 Å². The van der Waals surface area contributed by atoms with E-state index in [1.54, 1.807) is 19.9 Å². The van der Waals surface area contributed by atoms with E-state index >= 15 is 0 Å². The predicted molar refractivity (Wildman–Crippen MR) is 178 cm³/mol. The number of esters is 2. The average Bonchev–Trinajstić information content (AvgIpc) is 3.02. The van der Waals surface area contributed by atoms with Gasteiger partial charge < -0.3 is 28.4 Å². The molecule has 0 aliphatic heterocycles. The summed E-state index contributed by atoms with van der Waals surface area (Å²) in [7, 11) is 0. The molecular formula is C36H45ClO8. The SMILES string of the molecule is C=C(C)C(=O)OC(COCCCC)COc1c2ccccc2c(OCC(COCCCC)OC(=O)C(=C)C)c2cc(Cl)ccc12. The number of halogens is 1. The smallest absolute Gasteiger partial charge is 0.333 e. The van der Waals surface area contributed by atoms with E-state index in [0.29, 0.717) is 46.3 Å². The molecule has 3 aromatic carbocycles. The molecule has 0 radical (unpaired) electrons. The molecular weight excluding hydrogens is 596 g/mol. The van der Waals surface area contributed by atoms with E-state index in [9.17, 15) is 9.59 Å². The first-order chi connectivity index (χ1) is 21.7. The van der Waals surface area contributed by atoms with Crippen LogP contribution in [0.25, 0.3) is 21.5 Å². The van der Waals surface area contributed by atoms with Crippen molar-refractivity contribution in [3.05, 3.63) is 71.8 Å². The van der Waals surface area contributed by atoms with Gasteiger partial charge in [-0.15, -0.1) is 0 Å². The van der Waals surface area contributed by atoms with E-state index in [-0.39, 0.29) is 26.4 Å². The van der Waals surface area contributed by atoms with Crippen molar-refractivity contribution in [3.63, 3.8) is 0 Å². The third-order valence-electron chi connectivity index (χ3n) is 6.85. The minimum atomic E-state index is -0.661. The molecule has 0 spiro atoms. The number of hydrogen-bond donors (Lipinski definition) is 0. The Morgan fingerprint density at radius 2 is 1.13 bits per heavy atom. The molecule has 0 heterocycles. The van der Waals surface area contributed by atoms with Crippen molar-refractivity contribution in [1.82, 2.24) is 0 Å². The summed E-state index contributed by atoms with van der Waals surface area (Å²) in [5, 5.41) is 3.53. The van der Waals surface area contributed by atoms with Gasteiger partial charge in [0.25, 0.3) is 0 Å². The van der Waals surface area contributed by atoms with Gasteiger partial charge in [0.1, 0.15) is 24.7 Å². The number of benzene rings is 3. The lowest BCUT2D eigenvalue weighted by Crippen LogP contribution is -2.30. The molecule has 3 rings (SSSR count). The fourth-order valence-electron chi connectivity index (χ4n) is 4.39. The molecule has 3 aromatic rings. The second-order valence-corrected chi connectivity index (χ2v) is 11.4. The Morgan fingerprint density at radius 3 is 1.58 bits per heavy atom. The molecule has 0 aliphatic carbocycles. The number of ether oxygens (including phenoxy) is 6. The van der Waals surface area contributed by atoms with Crippen LogP contribution in [0.3, 0.4) is 0 Å². The Hall–Kier alpha value is -3.59. The molecule has 244 valence electrons. The quantitative estimate of drug-likeness (QED) is 0.0531. The zero-order chi connectivity index (χ0) is 32.8. The number of hydrogen-bond acceptors (Lipinski definition) is 8. The minimum absolute atomic E-state index is 0.0466. The lowest BCUT2D eigenvalue weighted by Gasteiger charge is -2.23. The van der Waals surface area contributed by atoms with Gasteiger partial charge in [0, 0.05) is 50.9 Å². The van der Waals surface area contributed by atoms with E-state index in [1.807, 2.05) is 36.4 Å². The normalized spacial score (nSPS) is 12.5. The fraction of sp³-hybridized carbons (Fsp3) is 0.444. The molecule has 0 aromatic heterocycles. The number of carbonyl (C=O) groups is 2. The van der Waals surface area contributed by atoms with E-state index in [2.05, 4.69) is 27.0 Å². The Morgan fingerprint density at radius 1 is 0.689 bits per heavy atom. The number of fused-ring (bicyclic) bond motifs is 2. The monoisotopic (exact) mass is 640 g/mol. The third kappa shape index (κ3) is 10.8. The van der Waals surface area contributed by atoms with E-state index < -0.39 is 24.1 Å². The van der Waals surface area contributed by atoms with E-state index in [1.165, 1.54) is 0 Å². The van der Waals surface area contributed by atoms with Crippen LogP contribution in [0.2, 0.25) is 5.02 Å². The standard InChI is InChI=1S/C36H45ClO8/c1-7-9-17-40-20-27(44-35(38)24(3)4)22-42-33-29-13-11-12-14-30(29)34(32-19-26(37)15-16-31(32)33)43-23-28(21-41-18-10-8-2)45-36(39)25(5)6/h11-16,19,27-28H,3,5,7-10,17-18,20-23H2,1-2,4,6H3. The van der Waals surface area contributed by atoms with Crippen LogP contribution in [0.15, 0.2) is 66.8 Å². The minimum Gasteiger partial charge on any atom is -0.488 e. The summed E-state index contributed by atoms with van der Waals surface area (Å²) >= 11 is 6.48. The Labute approximate surface area is 271 Å². The summed E-state index contributed by atoms with van der Waals surface area (Å²) in [6, 6.07) is 13.1. The Kier molecular flexibility index (Phi) is 14.7. The third-order valence-corrected chi connectivity index (χ3v) is 7.09. The van der Waals surface area contributed by atoms with Gasteiger partial charge in [0.15, 0.2) is 12.2 Å². The molecule has 9 heteroatoms. The molecule has 0 saturated heterocycles. The molecule has 2 atom stereocenters. The molecule has 0 saturated carbocycles. The van der Waals surface area contributed by atoms with Crippen molar-refractivity contribution >= 4 is 45.1 Å². The second kappa shape index (κ2) is 18.4. The van der Waals surface area contributed by atoms with Gasteiger partial charge in [-0.05, 0) is 44.9 Å². The molecule has 0 amide bonds. The van der Waals surface area contributed by atoms with Crippen molar-refractivity contribution < 1.29 is 38.0 Å². The maximum absolute atomic E-state index is 12.4. The molecule has 45 heavy (non-hydrogen) atoms. The summed E-state index contributed by atoms with van der Waals surface area (Å²) < 4.78 is 35.7. The number of unbranched alkanes of at least 4 members (excludes halogenated alkanes) is 2. The van der Waals surface area contributed by atoms with Gasteiger partial charge in [-0.2, -0.15) is 0 Å². The molecule has 0 fully saturated rings. The van der Waals surface area contributed by atoms with Crippen molar-refractivity contribution in [2.45, 2.75) is 65.6 Å². The summed E-state index contributed by atoms with van der Waals surface area (Å²) in [5.74, 6) is 0.134. The Balaban J connectivity index is 1.96. The van der Waals surface area contributed by atoms with Gasteiger partial charge in [0.05, 0.1) is 13.2 Å². The van der Waals surface area contributed by atoms with E-state index in [0.717, 1.165) is 41.8 Å². The van der Waals surface area contributed by atoms with Crippen LogP contribution in [-0.2, 0) is 28.5 Å². The van der Waals surface area contributed by atoms with Crippen LogP contribution in [0.1, 0.15) is 53.4 Å². The molecule has 8 nitrogen and oxygen atoms in total. The number of carbonyl (C=O) groups excluding carboxylic acids is 2. The van der Waals surface area contributed by atoms with Crippen LogP contribution in [0, 0.1) is 0 Å². The Bertz CT molecular complexity index is 1470. The van der Waals surface area contributed by atoms with Crippen molar-refractivity contribution in [2.75, 3.05) is 39.6 Å². The fourth-order valence-corrected chi connectivity index (χ4v) is 4.57. The van der Waals surface area contributed by atoms with Gasteiger partial charge >= 0.3 is 11.9 Å². The van der Waals surface area contributed by atoms with Crippen molar-refractivity contribution in [1.29, 1.82) is 0 Å². The summed E-state index contributed by atoms with van der Waals surface area (Å²) in [4.78, 5) is 24.8. The summed E-state index contributed by atoms with van der Waals surface area (Å²) in [5.41, 5.74) is 0.587. The zero-order valence-corrected chi connectivity index (χ0v) is 27.6. The highest BCUT2D eigenvalue weighted by Gasteiger charge is 2.23. The first-order valence-corrected chi connectivity index (χ1v) is 15.8. The van der Waals surface area contributed by atoms with Crippen LogP contribution < -0.4 is 9.47 Å². The first kappa shape index (κ1) is 35.9. The largest absolute Gasteiger partial charge is 0.488 e. The zero-order valence-electron chi connectivity index (χ0n) is 26.8. The van der Waals surface area contributed by atoms with Crippen molar-refractivity contribution in [2.24, 2.45) is 0 Å². The highest BCUT2D eigenvalue weighted by atomic mass is 35.5. The van der Waals surface area contributed by atoms with Crippen LogP contribution in [-0.4, -0.2) is 63.8 Å². The first-order valence-electron chi connectivity index (χ1n) is 15.4. The maximum Gasteiger partial charge on any atom is 0.333 e. The van der Waals surface area contributed by atoms with Gasteiger partial charge in [-0.25, -0.2) is 9.59 Å². The molecule has 0 N–H and O–H groups in total. The molecule has 2 unspecified atom stereocenters. The van der Waals surface area contributed by atoms with Gasteiger partial charge in [-0.3, -0.25) is 0 Å². The van der Waals surface area contributed by atoms with Crippen LogP contribution in [0.4, 0.5) is 0 Å². The summed E-state index contributed by atoms with van der Waals surface area (Å²) in [6.07, 6.45) is 2.46.